The van der Waals surface area contributed by atoms with Gasteiger partial charge in [0.1, 0.15) is 0 Å². The number of benzene rings is 1. The summed E-state index contributed by atoms with van der Waals surface area (Å²) in [6.45, 7) is 0. The summed E-state index contributed by atoms with van der Waals surface area (Å²) in [7, 11) is 0. The van der Waals surface area contributed by atoms with E-state index in [0.717, 1.165) is 16.7 Å². The van der Waals surface area contributed by atoms with Gasteiger partial charge in [0.15, 0.2) is 5.78 Å². The summed E-state index contributed by atoms with van der Waals surface area (Å²) >= 11 is 0. The van der Waals surface area contributed by atoms with Crippen LogP contribution in [0.1, 0.15) is 17.0 Å². The van der Waals surface area contributed by atoms with E-state index in [0.29, 0.717) is 0 Å². The van der Waals surface area contributed by atoms with Crippen LogP contribution >= 0.6 is 0 Å². The molecule has 1 nitrogen and oxygen atoms in total. The molecule has 0 fully saturated rings. The lowest BCUT2D eigenvalue weighted by Gasteiger charge is -2.23. The van der Waals surface area contributed by atoms with Gasteiger partial charge in [-0.3, -0.25) is 4.79 Å². The van der Waals surface area contributed by atoms with Crippen molar-refractivity contribution in [1.29, 1.82) is 0 Å². The summed E-state index contributed by atoms with van der Waals surface area (Å²) in [6, 6.07) is 8.07. The average Bonchev–Trinajstić information content (AvgIpc) is 2.29. The predicted octanol–water partition coefficient (Wildman–Crippen LogP) is 2.86. The van der Waals surface area contributed by atoms with Crippen LogP contribution in [0.15, 0.2) is 54.1 Å². The third kappa shape index (κ3) is 1.20. The standard InChI is InChI=1S/C14H10O/c15-13-7-3-5-11-9-8-10-4-1-2-6-12(10)14(11)13/h1-9,14H. The van der Waals surface area contributed by atoms with E-state index in [-0.39, 0.29) is 11.7 Å². The number of allylic oxidation sites excluding steroid dienone is 5. The van der Waals surface area contributed by atoms with Crippen molar-refractivity contribution in [3.63, 3.8) is 0 Å². The summed E-state index contributed by atoms with van der Waals surface area (Å²) in [4.78, 5) is 11.8. The fourth-order valence-electron chi connectivity index (χ4n) is 2.21. The molecular formula is C14H10O. The molecule has 1 heteroatoms. The molecule has 0 N–H and O–H groups in total. The van der Waals surface area contributed by atoms with Crippen molar-refractivity contribution in [3.8, 4) is 0 Å². The zero-order valence-corrected chi connectivity index (χ0v) is 8.18. The molecule has 0 saturated carbocycles. The predicted molar refractivity (Wildman–Crippen MR) is 60.4 cm³/mol. The summed E-state index contributed by atoms with van der Waals surface area (Å²) < 4.78 is 0. The van der Waals surface area contributed by atoms with Crippen LogP contribution in [-0.4, -0.2) is 5.78 Å². The van der Waals surface area contributed by atoms with Crippen molar-refractivity contribution in [3.05, 3.63) is 65.3 Å². The second-order valence-electron chi connectivity index (χ2n) is 3.82. The third-order valence-electron chi connectivity index (χ3n) is 2.93. The van der Waals surface area contributed by atoms with E-state index in [9.17, 15) is 4.79 Å². The second-order valence-corrected chi connectivity index (χ2v) is 3.82. The molecule has 15 heavy (non-hydrogen) atoms. The van der Waals surface area contributed by atoms with Crippen LogP contribution in [-0.2, 0) is 4.79 Å². The fourth-order valence-corrected chi connectivity index (χ4v) is 2.21. The Morgan fingerprint density at radius 1 is 1.00 bits per heavy atom. The maximum Gasteiger partial charge on any atom is 0.167 e. The maximum atomic E-state index is 11.8. The summed E-state index contributed by atoms with van der Waals surface area (Å²) in [5.41, 5.74) is 3.38. The van der Waals surface area contributed by atoms with Gasteiger partial charge in [0.05, 0.1) is 5.92 Å². The highest BCUT2D eigenvalue weighted by atomic mass is 16.1. The van der Waals surface area contributed by atoms with Crippen LogP contribution in [0.4, 0.5) is 0 Å². The topological polar surface area (TPSA) is 17.1 Å². The Labute approximate surface area is 88.4 Å². The molecule has 1 aromatic rings. The van der Waals surface area contributed by atoms with Crippen LogP contribution in [0.5, 0.6) is 0 Å². The highest BCUT2D eigenvalue weighted by molar-refractivity contribution is 6.01. The van der Waals surface area contributed by atoms with E-state index < -0.39 is 0 Å². The Hall–Kier alpha value is -1.89. The minimum absolute atomic E-state index is 0.0730. The van der Waals surface area contributed by atoms with Gasteiger partial charge in [-0.05, 0) is 22.8 Å². The molecule has 0 spiro atoms. The summed E-state index contributed by atoms with van der Waals surface area (Å²) in [6.07, 6.45) is 9.60. The number of fused-ring (bicyclic) bond motifs is 3. The van der Waals surface area contributed by atoms with E-state index in [1.807, 2.05) is 42.5 Å². The van der Waals surface area contributed by atoms with Gasteiger partial charge in [-0.15, -0.1) is 0 Å². The van der Waals surface area contributed by atoms with Crippen LogP contribution in [0, 0.1) is 0 Å². The first kappa shape index (κ1) is 8.42. The smallest absolute Gasteiger partial charge is 0.167 e. The molecular weight excluding hydrogens is 184 g/mol. The van der Waals surface area contributed by atoms with E-state index in [2.05, 4.69) is 6.08 Å². The lowest BCUT2D eigenvalue weighted by Crippen LogP contribution is -2.17. The van der Waals surface area contributed by atoms with Gasteiger partial charge in [0.25, 0.3) is 0 Å². The Morgan fingerprint density at radius 3 is 2.80 bits per heavy atom. The normalized spacial score (nSPS) is 22.0. The number of rotatable bonds is 0. The molecule has 2 aliphatic rings. The lowest BCUT2D eigenvalue weighted by atomic mass is 9.79. The molecule has 0 saturated heterocycles. The molecule has 0 bridgehead atoms. The quantitative estimate of drug-likeness (QED) is 0.620. The third-order valence-corrected chi connectivity index (χ3v) is 2.93. The lowest BCUT2D eigenvalue weighted by molar-refractivity contribution is -0.115. The van der Waals surface area contributed by atoms with Gasteiger partial charge in [0, 0.05) is 0 Å². The Balaban J connectivity index is 2.23. The molecule has 3 rings (SSSR count). The highest BCUT2D eigenvalue weighted by Crippen LogP contribution is 2.36. The monoisotopic (exact) mass is 194 g/mol. The molecule has 1 aromatic carbocycles. The number of carbonyl (C=O) groups excluding carboxylic acids is 1. The zero-order valence-electron chi connectivity index (χ0n) is 8.18. The first-order chi connectivity index (χ1) is 7.36. The highest BCUT2D eigenvalue weighted by Gasteiger charge is 2.27. The molecule has 1 atom stereocenters. The fraction of sp³-hybridized carbons (Fsp3) is 0.0714. The largest absolute Gasteiger partial charge is 0.294 e. The number of carbonyl (C=O) groups is 1. The van der Waals surface area contributed by atoms with Gasteiger partial charge in [-0.1, -0.05) is 48.6 Å². The van der Waals surface area contributed by atoms with Gasteiger partial charge >= 0.3 is 0 Å². The van der Waals surface area contributed by atoms with Crippen molar-refractivity contribution >= 4 is 11.9 Å². The molecule has 0 aromatic heterocycles. The summed E-state index contributed by atoms with van der Waals surface area (Å²) in [5, 5.41) is 0. The molecule has 72 valence electrons. The minimum atomic E-state index is -0.0730. The minimum Gasteiger partial charge on any atom is -0.294 e. The van der Waals surface area contributed by atoms with Crippen molar-refractivity contribution in [1.82, 2.24) is 0 Å². The van der Waals surface area contributed by atoms with Gasteiger partial charge < -0.3 is 0 Å². The Kier molecular flexibility index (Phi) is 1.72. The van der Waals surface area contributed by atoms with Gasteiger partial charge in [-0.25, -0.2) is 0 Å². The van der Waals surface area contributed by atoms with Crippen LogP contribution in [0.25, 0.3) is 6.08 Å². The SMILES string of the molecule is O=C1C=CC=C2C=Cc3ccccc3C12. The van der Waals surface area contributed by atoms with E-state index in [1.165, 1.54) is 0 Å². The van der Waals surface area contributed by atoms with Crippen molar-refractivity contribution in [2.24, 2.45) is 0 Å². The van der Waals surface area contributed by atoms with Gasteiger partial charge in [-0.2, -0.15) is 0 Å². The average molecular weight is 194 g/mol. The maximum absolute atomic E-state index is 11.8. The number of hydrogen-bond donors (Lipinski definition) is 0. The van der Waals surface area contributed by atoms with E-state index >= 15 is 0 Å². The van der Waals surface area contributed by atoms with Crippen LogP contribution in [0.2, 0.25) is 0 Å². The first-order valence-electron chi connectivity index (χ1n) is 5.05. The van der Waals surface area contributed by atoms with Crippen molar-refractivity contribution < 1.29 is 4.79 Å². The molecule has 0 heterocycles. The van der Waals surface area contributed by atoms with Crippen LogP contribution < -0.4 is 0 Å². The summed E-state index contributed by atoms with van der Waals surface area (Å²) in [5.74, 6) is 0.112. The van der Waals surface area contributed by atoms with Crippen LogP contribution in [0.3, 0.4) is 0 Å². The first-order valence-corrected chi connectivity index (χ1v) is 5.05. The molecule has 0 amide bonds. The van der Waals surface area contributed by atoms with Crippen molar-refractivity contribution in [2.45, 2.75) is 5.92 Å². The van der Waals surface area contributed by atoms with Crippen molar-refractivity contribution in [2.75, 3.05) is 0 Å². The molecule has 0 radical (unpaired) electrons. The van der Waals surface area contributed by atoms with E-state index in [4.69, 9.17) is 0 Å². The Morgan fingerprint density at radius 2 is 1.87 bits per heavy atom. The molecule has 1 unspecified atom stereocenters. The number of ketones is 1. The van der Waals surface area contributed by atoms with Gasteiger partial charge in [0.2, 0.25) is 0 Å². The second kappa shape index (κ2) is 3.06. The van der Waals surface area contributed by atoms with E-state index in [1.54, 1.807) is 6.08 Å². The number of hydrogen-bond acceptors (Lipinski definition) is 1. The Bertz CT molecular complexity index is 518. The molecule has 0 aliphatic heterocycles. The zero-order chi connectivity index (χ0) is 10.3. The molecule has 2 aliphatic carbocycles.